The number of phenols is 1. The Morgan fingerprint density at radius 3 is 2.48 bits per heavy atom. The van der Waals surface area contributed by atoms with E-state index in [1.807, 2.05) is 26.1 Å². The zero-order chi connectivity index (χ0) is 15.5. The summed E-state index contributed by atoms with van der Waals surface area (Å²) in [5.74, 6) is -0.466. The molecule has 4 nitrogen and oxygen atoms in total. The summed E-state index contributed by atoms with van der Waals surface area (Å²) in [4.78, 5) is 13.5. The lowest BCUT2D eigenvalue weighted by Crippen LogP contribution is -2.50. The zero-order valence-electron chi connectivity index (χ0n) is 12.9. The molecule has 0 bridgehead atoms. The molecule has 1 aliphatic carbocycles. The van der Waals surface area contributed by atoms with Crippen LogP contribution in [-0.4, -0.2) is 33.7 Å². The molecule has 0 aromatic heterocycles. The van der Waals surface area contributed by atoms with E-state index in [0.29, 0.717) is 0 Å². The Balaban J connectivity index is 2.27. The lowest BCUT2D eigenvalue weighted by atomic mass is 9.77. The molecule has 116 valence electrons. The first-order valence-corrected chi connectivity index (χ1v) is 7.69. The quantitative estimate of drug-likeness (QED) is 0.870. The van der Waals surface area contributed by atoms with Crippen molar-refractivity contribution < 1.29 is 15.0 Å². The number of para-hydroxylation sites is 1. The third-order valence-electron chi connectivity index (χ3n) is 4.98. The van der Waals surface area contributed by atoms with Gasteiger partial charge in [0.05, 0.1) is 6.42 Å². The topological polar surface area (TPSA) is 60.8 Å². The van der Waals surface area contributed by atoms with Crippen molar-refractivity contribution in [1.82, 2.24) is 4.90 Å². The Labute approximate surface area is 126 Å². The van der Waals surface area contributed by atoms with Crippen molar-refractivity contribution in [2.75, 3.05) is 7.05 Å². The average Bonchev–Trinajstić information content (AvgIpc) is 2.46. The Morgan fingerprint density at radius 1 is 1.29 bits per heavy atom. The van der Waals surface area contributed by atoms with Crippen molar-refractivity contribution in [3.8, 4) is 5.75 Å². The second-order valence-electron chi connectivity index (χ2n) is 6.20. The van der Waals surface area contributed by atoms with Gasteiger partial charge >= 0.3 is 5.97 Å². The molecule has 4 heteroatoms. The maximum atomic E-state index is 11.3. The standard InChI is InChI=1S/C17H25NO3/c1-13(14-8-4-5-9-15(14)19)18(2)17(12-16(20)21)10-6-3-7-11-17/h4-5,8-9,13,19H,3,6-7,10-12H2,1-2H3,(H,20,21). The monoisotopic (exact) mass is 291 g/mol. The van der Waals surface area contributed by atoms with Crippen LogP contribution in [0.5, 0.6) is 5.75 Å². The number of hydrogen-bond donors (Lipinski definition) is 2. The summed E-state index contributed by atoms with van der Waals surface area (Å²) in [5.41, 5.74) is 0.557. The van der Waals surface area contributed by atoms with E-state index in [0.717, 1.165) is 31.2 Å². The number of nitrogens with zero attached hydrogens (tertiary/aromatic N) is 1. The molecule has 1 aromatic carbocycles. The molecule has 0 saturated heterocycles. The number of carbonyl (C=O) groups is 1. The predicted molar refractivity (Wildman–Crippen MR) is 82.4 cm³/mol. The summed E-state index contributed by atoms with van der Waals surface area (Å²) in [7, 11) is 1.99. The van der Waals surface area contributed by atoms with Crippen LogP contribution in [0, 0.1) is 0 Å². The molecule has 1 aliphatic rings. The number of carboxylic acid groups (broad SMARTS) is 1. The highest BCUT2D eigenvalue weighted by Crippen LogP contribution is 2.41. The van der Waals surface area contributed by atoms with Crippen molar-refractivity contribution in [2.24, 2.45) is 0 Å². The molecule has 1 saturated carbocycles. The zero-order valence-corrected chi connectivity index (χ0v) is 12.9. The van der Waals surface area contributed by atoms with Crippen LogP contribution < -0.4 is 0 Å². The summed E-state index contributed by atoms with van der Waals surface area (Å²) < 4.78 is 0. The van der Waals surface area contributed by atoms with Gasteiger partial charge in [0.25, 0.3) is 0 Å². The van der Waals surface area contributed by atoms with Gasteiger partial charge in [-0.1, -0.05) is 37.5 Å². The van der Waals surface area contributed by atoms with E-state index in [4.69, 9.17) is 0 Å². The molecule has 21 heavy (non-hydrogen) atoms. The van der Waals surface area contributed by atoms with E-state index in [-0.39, 0.29) is 23.8 Å². The number of benzene rings is 1. The summed E-state index contributed by atoms with van der Waals surface area (Å²) in [6, 6.07) is 7.30. The highest BCUT2D eigenvalue weighted by molar-refractivity contribution is 5.68. The predicted octanol–water partition coefficient (Wildman–Crippen LogP) is 3.56. The van der Waals surface area contributed by atoms with Crippen LogP contribution in [0.3, 0.4) is 0 Å². The van der Waals surface area contributed by atoms with Crippen LogP contribution in [0.25, 0.3) is 0 Å². The lowest BCUT2D eigenvalue weighted by molar-refractivity contribution is -0.141. The van der Waals surface area contributed by atoms with Crippen LogP contribution in [0.4, 0.5) is 0 Å². The fourth-order valence-corrected chi connectivity index (χ4v) is 3.61. The molecule has 0 spiro atoms. The number of aromatic hydroxyl groups is 1. The Hall–Kier alpha value is -1.55. The van der Waals surface area contributed by atoms with Crippen LogP contribution in [0.15, 0.2) is 24.3 Å². The molecule has 1 aromatic rings. The first-order chi connectivity index (χ1) is 9.96. The maximum absolute atomic E-state index is 11.3. The summed E-state index contributed by atoms with van der Waals surface area (Å²) in [6.07, 6.45) is 5.32. The minimum atomic E-state index is -0.742. The van der Waals surface area contributed by atoms with Crippen LogP contribution >= 0.6 is 0 Å². The first-order valence-electron chi connectivity index (χ1n) is 7.69. The molecule has 1 atom stereocenters. The number of hydrogen-bond acceptors (Lipinski definition) is 3. The fraction of sp³-hybridized carbons (Fsp3) is 0.588. The summed E-state index contributed by atoms with van der Waals surface area (Å²) >= 11 is 0. The van der Waals surface area contributed by atoms with Gasteiger partial charge in [0, 0.05) is 17.1 Å². The first kappa shape index (κ1) is 15.8. The van der Waals surface area contributed by atoms with Crippen LogP contribution in [0.1, 0.15) is 57.1 Å². The van der Waals surface area contributed by atoms with Gasteiger partial charge in [-0.15, -0.1) is 0 Å². The normalized spacial score (nSPS) is 19.4. The smallest absolute Gasteiger partial charge is 0.305 e. The second-order valence-corrected chi connectivity index (χ2v) is 6.20. The minimum Gasteiger partial charge on any atom is -0.508 e. The van der Waals surface area contributed by atoms with Crippen molar-refractivity contribution >= 4 is 5.97 Å². The van der Waals surface area contributed by atoms with Gasteiger partial charge < -0.3 is 10.2 Å². The molecule has 1 fully saturated rings. The van der Waals surface area contributed by atoms with E-state index in [2.05, 4.69) is 4.90 Å². The molecular formula is C17H25NO3. The van der Waals surface area contributed by atoms with Crippen molar-refractivity contribution in [3.05, 3.63) is 29.8 Å². The molecule has 0 amide bonds. The van der Waals surface area contributed by atoms with Crippen LogP contribution in [-0.2, 0) is 4.79 Å². The Morgan fingerprint density at radius 2 is 1.90 bits per heavy atom. The molecule has 2 rings (SSSR count). The van der Waals surface area contributed by atoms with Crippen molar-refractivity contribution in [2.45, 2.75) is 57.0 Å². The van der Waals surface area contributed by atoms with E-state index in [1.165, 1.54) is 6.42 Å². The van der Waals surface area contributed by atoms with Crippen LogP contribution in [0.2, 0.25) is 0 Å². The minimum absolute atomic E-state index is 0.0105. The molecule has 0 radical (unpaired) electrons. The molecule has 0 aliphatic heterocycles. The number of phenolic OH excluding ortho intramolecular Hbond substituents is 1. The number of rotatable bonds is 5. The largest absolute Gasteiger partial charge is 0.508 e. The summed E-state index contributed by atoms with van der Waals surface area (Å²) in [5, 5.41) is 19.4. The van der Waals surface area contributed by atoms with Gasteiger partial charge in [0.2, 0.25) is 0 Å². The second kappa shape index (κ2) is 6.48. The van der Waals surface area contributed by atoms with E-state index in [1.54, 1.807) is 12.1 Å². The van der Waals surface area contributed by atoms with E-state index in [9.17, 15) is 15.0 Å². The maximum Gasteiger partial charge on any atom is 0.305 e. The molecular weight excluding hydrogens is 266 g/mol. The van der Waals surface area contributed by atoms with Gasteiger partial charge in [-0.3, -0.25) is 9.69 Å². The Bertz CT molecular complexity index is 495. The van der Waals surface area contributed by atoms with E-state index >= 15 is 0 Å². The number of aliphatic carboxylic acids is 1. The highest BCUT2D eigenvalue weighted by Gasteiger charge is 2.40. The van der Waals surface area contributed by atoms with Gasteiger partial charge in [-0.2, -0.15) is 0 Å². The molecule has 1 unspecified atom stereocenters. The van der Waals surface area contributed by atoms with Gasteiger partial charge in [-0.25, -0.2) is 0 Å². The average molecular weight is 291 g/mol. The lowest BCUT2D eigenvalue weighted by Gasteiger charge is -2.47. The van der Waals surface area contributed by atoms with Crippen molar-refractivity contribution in [1.29, 1.82) is 0 Å². The third-order valence-corrected chi connectivity index (χ3v) is 4.98. The van der Waals surface area contributed by atoms with Gasteiger partial charge in [-0.05, 0) is 32.9 Å². The third kappa shape index (κ3) is 3.38. The molecule has 2 N–H and O–H groups in total. The summed E-state index contributed by atoms with van der Waals surface area (Å²) in [6.45, 7) is 2.03. The van der Waals surface area contributed by atoms with Gasteiger partial charge in [0.1, 0.15) is 5.75 Å². The van der Waals surface area contributed by atoms with E-state index < -0.39 is 5.97 Å². The SMILES string of the molecule is CC(c1ccccc1O)N(C)C1(CC(=O)O)CCCCC1. The van der Waals surface area contributed by atoms with Gasteiger partial charge in [0.15, 0.2) is 0 Å². The number of carboxylic acids is 1. The molecule has 0 heterocycles. The van der Waals surface area contributed by atoms with Crippen molar-refractivity contribution in [3.63, 3.8) is 0 Å². The Kier molecular flexibility index (Phi) is 4.88. The highest BCUT2D eigenvalue weighted by atomic mass is 16.4. The fourth-order valence-electron chi connectivity index (χ4n) is 3.61.